The maximum atomic E-state index is 12.4. The van der Waals surface area contributed by atoms with Gasteiger partial charge in [-0.2, -0.15) is 9.98 Å². The van der Waals surface area contributed by atoms with Gasteiger partial charge >= 0.3 is 5.97 Å². The molecular weight excluding hydrogens is 292 g/mol. The molecule has 1 aromatic carbocycles. The Labute approximate surface area is 124 Å². The lowest BCUT2D eigenvalue weighted by Gasteiger charge is -2.20. The Morgan fingerprint density at radius 1 is 1.48 bits per heavy atom. The minimum absolute atomic E-state index is 0.0731. The third-order valence-electron chi connectivity index (χ3n) is 3.37. The Morgan fingerprint density at radius 2 is 2.10 bits per heavy atom. The van der Waals surface area contributed by atoms with E-state index in [0.29, 0.717) is 12.0 Å². The van der Waals surface area contributed by atoms with Crippen molar-refractivity contribution in [3.8, 4) is 6.07 Å². The average Bonchev–Trinajstić information content (AvgIpc) is 2.44. The molecular formula is C14H18N2O4S. The number of carbonyl (C=O) groups is 1. The second-order valence-corrected chi connectivity index (χ2v) is 6.60. The van der Waals surface area contributed by atoms with Crippen molar-refractivity contribution in [2.45, 2.75) is 38.1 Å². The molecule has 0 saturated heterocycles. The molecule has 0 unspecified atom stereocenters. The molecule has 1 aromatic rings. The van der Waals surface area contributed by atoms with E-state index in [-0.39, 0.29) is 16.4 Å². The van der Waals surface area contributed by atoms with Gasteiger partial charge in [-0.15, -0.1) is 0 Å². The molecule has 0 fully saturated rings. The summed E-state index contributed by atoms with van der Waals surface area (Å²) < 4.78 is 27.0. The molecule has 0 heterocycles. The molecule has 0 radical (unpaired) electrons. The summed E-state index contributed by atoms with van der Waals surface area (Å²) in [6, 6.07) is 4.94. The largest absolute Gasteiger partial charge is 0.480 e. The normalized spacial score (nSPS) is 14.2. The van der Waals surface area contributed by atoms with Gasteiger partial charge in [-0.1, -0.05) is 26.3 Å². The fourth-order valence-electron chi connectivity index (χ4n) is 1.84. The van der Waals surface area contributed by atoms with Crippen molar-refractivity contribution in [3.63, 3.8) is 0 Å². The molecule has 0 aromatic heterocycles. The van der Waals surface area contributed by atoms with E-state index in [1.807, 2.05) is 6.07 Å². The number of carboxylic acids is 1. The van der Waals surface area contributed by atoms with Crippen molar-refractivity contribution >= 4 is 16.0 Å². The van der Waals surface area contributed by atoms with Crippen molar-refractivity contribution < 1.29 is 18.3 Å². The van der Waals surface area contributed by atoms with Crippen molar-refractivity contribution in [2.75, 3.05) is 0 Å². The first-order valence-corrected chi connectivity index (χ1v) is 7.97. The van der Waals surface area contributed by atoms with E-state index in [1.165, 1.54) is 18.2 Å². The van der Waals surface area contributed by atoms with E-state index < -0.39 is 22.0 Å². The highest BCUT2D eigenvalue weighted by molar-refractivity contribution is 7.89. The van der Waals surface area contributed by atoms with Crippen LogP contribution in [0, 0.1) is 24.2 Å². The van der Waals surface area contributed by atoms with Gasteiger partial charge in [-0.05, 0) is 30.5 Å². The number of nitrogens with zero attached hydrogens (tertiary/aromatic N) is 1. The molecule has 0 amide bonds. The summed E-state index contributed by atoms with van der Waals surface area (Å²) in [6.45, 7) is 5.05. The molecule has 21 heavy (non-hydrogen) atoms. The minimum Gasteiger partial charge on any atom is -0.480 e. The zero-order chi connectivity index (χ0) is 16.2. The molecule has 0 bridgehead atoms. The predicted octanol–water partition coefficient (Wildman–Crippen LogP) is 1.64. The van der Waals surface area contributed by atoms with Crippen LogP contribution in [0.4, 0.5) is 0 Å². The zero-order valence-electron chi connectivity index (χ0n) is 12.1. The highest BCUT2D eigenvalue weighted by Gasteiger charge is 2.30. The zero-order valence-corrected chi connectivity index (χ0v) is 12.9. The molecule has 0 aliphatic carbocycles. The van der Waals surface area contributed by atoms with Crippen LogP contribution in [-0.2, 0) is 14.8 Å². The number of nitriles is 1. The van der Waals surface area contributed by atoms with Gasteiger partial charge in [-0.3, -0.25) is 4.79 Å². The summed E-state index contributed by atoms with van der Waals surface area (Å²) in [5, 5.41) is 18.0. The monoisotopic (exact) mass is 310 g/mol. The molecule has 1 rings (SSSR count). The first-order valence-electron chi connectivity index (χ1n) is 6.48. The van der Waals surface area contributed by atoms with E-state index in [1.54, 1.807) is 20.8 Å². The van der Waals surface area contributed by atoms with E-state index in [0.717, 1.165) is 0 Å². The number of sulfonamides is 1. The van der Waals surface area contributed by atoms with Gasteiger partial charge in [0.2, 0.25) is 10.0 Å². The molecule has 2 atom stereocenters. The molecule has 0 spiro atoms. The van der Waals surface area contributed by atoms with Gasteiger partial charge in [-0.25, -0.2) is 8.42 Å². The fraction of sp³-hybridized carbons (Fsp3) is 0.429. The van der Waals surface area contributed by atoms with Gasteiger partial charge < -0.3 is 5.11 Å². The number of rotatable bonds is 6. The van der Waals surface area contributed by atoms with Crippen LogP contribution in [0.5, 0.6) is 0 Å². The van der Waals surface area contributed by atoms with Crippen molar-refractivity contribution in [1.82, 2.24) is 4.72 Å². The van der Waals surface area contributed by atoms with Gasteiger partial charge in [0.25, 0.3) is 0 Å². The van der Waals surface area contributed by atoms with Crippen LogP contribution in [-0.4, -0.2) is 25.5 Å². The number of hydrogen-bond acceptors (Lipinski definition) is 4. The van der Waals surface area contributed by atoms with Crippen LogP contribution in [0.3, 0.4) is 0 Å². The van der Waals surface area contributed by atoms with E-state index in [2.05, 4.69) is 4.72 Å². The second-order valence-electron chi connectivity index (χ2n) is 4.91. The SMILES string of the molecule is CC[C@H](C)[C@H](NS(=O)(=O)c1cc(C#N)ccc1C)C(=O)O. The van der Waals surface area contributed by atoms with E-state index in [4.69, 9.17) is 5.26 Å². The highest BCUT2D eigenvalue weighted by Crippen LogP contribution is 2.19. The van der Waals surface area contributed by atoms with Crippen LogP contribution in [0.1, 0.15) is 31.4 Å². The number of carboxylic acid groups (broad SMARTS) is 1. The first kappa shape index (κ1) is 17.1. The average molecular weight is 310 g/mol. The van der Waals surface area contributed by atoms with Crippen LogP contribution in [0.2, 0.25) is 0 Å². The third-order valence-corrected chi connectivity index (χ3v) is 4.95. The Morgan fingerprint density at radius 3 is 2.57 bits per heavy atom. The van der Waals surface area contributed by atoms with Crippen molar-refractivity contribution in [3.05, 3.63) is 29.3 Å². The summed E-state index contributed by atoms with van der Waals surface area (Å²) >= 11 is 0. The lowest BCUT2D eigenvalue weighted by molar-refractivity contribution is -0.140. The Kier molecular flexibility index (Phi) is 5.47. The number of benzene rings is 1. The van der Waals surface area contributed by atoms with Crippen LogP contribution >= 0.6 is 0 Å². The van der Waals surface area contributed by atoms with Crippen molar-refractivity contribution in [1.29, 1.82) is 5.26 Å². The number of aryl methyl sites for hydroxylation is 1. The minimum atomic E-state index is -4.00. The first-order chi connectivity index (χ1) is 9.72. The molecule has 0 aliphatic heterocycles. The van der Waals surface area contributed by atoms with Crippen LogP contribution < -0.4 is 4.72 Å². The Hall–Kier alpha value is -1.91. The number of hydrogen-bond donors (Lipinski definition) is 2. The van der Waals surface area contributed by atoms with Crippen LogP contribution in [0.15, 0.2) is 23.1 Å². The summed E-state index contributed by atoms with van der Waals surface area (Å²) in [5.41, 5.74) is 0.659. The molecule has 7 heteroatoms. The molecule has 2 N–H and O–H groups in total. The third kappa shape index (κ3) is 4.03. The summed E-state index contributed by atoms with van der Waals surface area (Å²) in [5.74, 6) is -1.57. The number of nitrogens with one attached hydrogen (secondary N) is 1. The van der Waals surface area contributed by atoms with Gasteiger partial charge in [0.15, 0.2) is 0 Å². The molecule has 6 nitrogen and oxygen atoms in total. The quantitative estimate of drug-likeness (QED) is 0.830. The smallest absolute Gasteiger partial charge is 0.322 e. The van der Waals surface area contributed by atoms with E-state index in [9.17, 15) is 18.3 Å². The second kappa shape index (κ2) is 6.70. The lowest BCUT2D eigenvalue weighted by Crippen LogP contribution is -2.45. The standard InChI is InChI=1S/C14H18N2O4S/c1-4-9(2)13(14(17)18)16-21(19,20)12-7-11(8-15)6-5-10(12)3/h5-7,9,13,16H,4H2,1-3H3,(H,17,18)/t9-,13-/m0/s1. The summed E-state index contributed by atoms with van der Waals surface area (Å²) in [6.07, 6.45) is 0.525. The Bertz CT molecular complexity index is 677. The highest BCUT2D eigenvalue weighted by atomic mass is 32.2. The van der Waals surface area contributed by atoms with Gasteiger partial charge in [0, 0.05) is 0 Å². The summed E-state index contributed by atoms with van der Waals surface area (Å²) in [4.78, 5) is 11.2. The molecule has 0 aliphatic rings. The number of aliphatic carboxylic acids is 1. The van der Waals surface area contributed by atoms with Gasteiger partial charge in [0.1, 0.15) is 6.04 Å². The lowest BCUT2D eigenvalue weighted by atomic mass is 10.0. The van der Waals surface area contributed by atoms with E-state index >= 15 is 0 Å². The van der Waals surface area contributed by atoms with Gasteiger partial charge in [0.05, 0.1) is 16.5 Å². The topological polar surface area (TPSA) is 107 Å². The van der Waals surface area contributed by atoms with Crippen LogP contribution in [0.25, 0.3) is 0 Å². The fourth-order valence-corrected chi connectivity index (χ4v) is 3.40. The molecule has 114 valence electrons. The summed E-state index contributed by atoms with van der Waals surface area (Å²) in [7, 11) is -4.00. The predicted molar refractivity (Wildman–Crippen MR) is 77.1 cm³/mol. The maximum absolute atomic E-state index is 12.4. The van der Waals surface area contributed by atoms with Crippen molar-refractivity contribution in [2.24, 2.45) is 5.92 Å². The molecule has 0 saturated carbocycles. The maximum Gasteiger partial charge on any atom is 0.322 e. The Balaban J connectivity index is 3.23.